The molecule has 6 heteroatoms. The lowest BCUT2D eigenvalue weighted by Gasteiger charge is -2.11. The molecule has 0 rings (SSSR count). The van der Waals surface area contributed by atoms with Crippen LogP contribution in [0, 0.1) is 0 Å². The van der Waals surface area contributed by atoms with Crippen molar-refractivity contribution >= 4 is 18.3 Å². The monoisotopic (exact) mass is 157 g/mol. The molecule has 1 unspecified atom stereocenters. The maximum Gasteiger partial charge on any atom is 0.213 e. The standard InChI is InChI=1S/C2H8NO3PS/c3-1-2(4)7(5,6)8/h2,4H,1,3H2,(H2,5,6,8). The highest BCUT2D eigenvalue weighted by Gasteiger charge is 2.18. The van der Waals surface area contributed by atoms with Gasteiger partial charge in [-0.1, -0.05) is 0 Å². The third-order valence-corrected chi connectivity index (χ3v) is 2.32. The molecule has 5 N–H and O–H groups in total. The fourth-order valence-electron chi connectivity index (χ4n) is 0.137. The van der Waals surface area contributed by atoms with E-state index in [9.17, 15) is 0 Å². The van der Waals surface area contributed by atoms with Crippen molar-refractivity contribution in [1.29, 1.82) is 0 Å². The van der Waals surface area contributed by atoms with Crippen LogP contribution in [-0.4, -0.2) is 27.3 Å². The molecule has 0 aliphatic carbocycles. The van der Waals surface area contributed by atoms with Crippen LogP contribution < -0.4 is 5.73 Å². The number of aliphatic hydroxyl groups excluding tert-OH is 1. The van der Waals surface area contributed by atoms with E-state index in [2.05, 4.69) is 11.8 Å². The first-order valence-electron chi connectivity index (χ1n) is 1.92. The lowest BCUT2D eigenvalue weighted by atomic mass is 10.7. The molecular weight excluding hydrogens is 149 g/mol. The van der Waals surface area contributed by atoms with Gasteiger partial charge in [-0.15, -0.1) is 0 Å². The van der Waals surface area contributed by atoms with Crippen LogP contribution in [0.15, 0.2) is 0 Å². The third-order valence-electron chi connectivity index (χ3n) is 0.599. The van der Waals surface area contributed by atoms with Crippen LogP contribution in [0.5, 0.6) is 0 Å². The second-order valence-corrected chi connectivity index (χ2v) is 4.69. The second-order valence-electron chi connectivity index (χ2n) is 1.31. The van der Waals surface area contributed by atoms with Crippen LogP contribution in [0.4, 0.5) is 0 Å². The Bertz CT molecular complexity index is 112. The van der Waals surface area contributed by atoms with E-state index in [1.165, 1.54) is 0 Å². The van der Waals surface area contributed by atoms with Crippen LogP contribution in [0.1, 0.15) is 0 Å². The van der Waals surface area contributed by atoms with Gasteiger partial charge < -0.3 is 20.6 Å². The van der Waals surface area contributed by atoms with Crippen molar-refractivity contribution < 1.29 is 14.9 Å². The van der Waals surface area contributed by atoms with Crippen LogP contribution >= 0.6 is 6.49 Å². The number of hydrogen-bond acceptors (Lipinski definition) is 3. The molecule has 0 aromatic heterocycles. The Morgan fingerprint density at radius 1 is 1.62 bits per heavy atom. The zero-order valence-corrected chi connectivity index (χ0v) is 5.77. The van der Waals surface area contributed by atoms with Gasteiger partial charge in [0.2, 0.25) is 6.49 Å². The van der Waals surface area contributed by atoms with Gasteiger partial charge in [0.05, 0.1) is 0 Å². The number of hydrogen-bond donors (Lipinski definition) is 4. The lowest BCUT2D eigenvalue weighted by Crippen LogP contribution is -2.19. The quantitative estimate of drug-likeness (QED) is 0.369. The van der Waals surface area contributed by atoms with Gasteiger partial charge in [-0.25, -0.2) is 0 Å². The topological polar surface area (TPSA) is 86.7 Å². The van der Waals surface area contributed by atoms with E-state index in [-0.39, 0.29) is 6.54 Å². The van der Waals surface area contributed by atoms with Gasteiger partial charge >= 0.3 is 0 Å². The summed E-state index contributed by atoms with van der Waals surface area (Å²) in [4.78, 5) is 16.9. The summed E-state index contributed by atoms with van der Waals surface area (Å²) >= 11 is 4.10. The Balaban J connectivity index is 3.82. The van der Waals surface area contributed by atoms with E-state index < -0.39 is 12.3 Å². The number of nitrogens with two attached hydrogens (primary N) is 1. The molecule has 8 heavy (non-hydrogen) atoms. The average Bonchev–Trinajstić information content (AvgIpc) is 1.62. The Hall–Kier alpha value is 0.490. The highest BCUT2D eigenvalue weighted by molar-refractivity contribution is 8.09. The van der Waals surface area contributed by atoms with Crippen molar-refractivity contribution in [2.75, 3.05) is 6.54 Å². The summed E-state index contributed by atoms with van der Waals surface area (Å²) in [6.45, 7) is -3.70. The molecule has 0 saturated carbocycles. The molecule has 0 aliphatic rings. The van der Waals surface area contributed by atoms with Crippen molar-refractivity contribution in [3.05, 3.63) is 0 Å². The van der Waals surface area contributed by atoms with Gasteiger partial charge in [-0.05, 0) is 11.8 Å². The fourth-order valence-corrected chi connectivity index (χ4v) is 0.670. The van der Waals surface area contributed by atoms with Crippen molar-refractivity contribution in [1.82, 2.24) is 0 Å². The van der Waals surface area contributed by atoms with E-state index in [1.807, 2.05) is 0 Å². The van der Waals surface area contributed by atoms with E-state index >= 15 is 0 Å². The second kappa shape index (κ2) is 2.87. The van der Waals surface area contributed by atoms with Gasteiger partial charge in [-0.2, -0.15) is 0 Å². The minimum atomic E-state index is -3.49. The summed E-state index contributed by atoms with van der Waals surface area (Å²) in [5.41, 5.74) is 4.85. The van der Waals surface area contributed by atoms with E-state index in [1.54, 1.807) is 0 Å². The molecule has 0 amide bonds. The van der Waals surface area contributed by atoms with E-state index in [0.717, 1.165) is 0 Å². The van der Waals surface area contributed by atoms with Gasteiger partial charge in [-0.3, -0.25) is 0 Å². The Kier molecular flexibility index (Phi) is 3.04. The van der Waals surface area contributed by atoms with Crippen molar-refractivity contribution in [2.45, 2.75) is 5.85 Å². The fraction of sp³-hybridized carbons (Fsp3) is 1.00. The van der Waals surface area contributed by atoms with E-state index in [4.69, 9.17) is 20.6 Å². The Morgan fingerprint density at radius 2 is 2.00 bits per heavy atom. The zero-order chi connectivity index (χ0) is 6.78. The first-order chi connectivity index (χ1) is 3.48. The first-order valence-corrected chi connectivity index (χ1v) is 4.69. The summed E-state index contributed by atoms with van der Waals surface area (Å²) in [5.74, 6) is -1.34. The average molecular weight is 157 g/mol. The minimum Gasteiger partial charge on any atom is -0.382 e. The number of rotatable bonds is 2. The molecule has 1 atom stereocenters. The van der Waals surface area contributed by atoms with Gasteiger partial charge in [0.1, 0.15) is 5.85 Å². The third kappa shape index (κ3) is 2.71. The van der Waals surface area contributed by atoms with Crippen molar-refractivity contribution in [2.24, 2.45) is 5.73 Å². The Labute approximate surface area is 52.1 Å². The van der Waals surface area contributed by atoms with Crippen LogP contribution in [0.25, 0.3) is 0 Å². The van der Waals surface area contributed by atoms with Crippen molar-refractivity contribution in [3.63, 3.8) is 0 Å². The van der Waals surface area contributed by atoms with Crippen molar-refractivity contribution in [3.8, 4) is 0 Å². The number of aliphatic hydroxyl groups is 1. The lowest BCUT2D eigenvalue weighted by molar-refractivity contribution is 0.234. The molecule has 0 aromatic rings. The van der Waals surface area contributed by atoms with Gasteiger partial charge in [0.25, 0.3) is 0 Å². The van der Waals surface area contributed by atoms with Crippen LogP contribution in [0.3, 0.4) is 0 Å². The summed E-state index contributed by atoms with van der Waals surface area (Å²) < 4.78 is 0. The molecule has 0 fully saturated rings. The molecule has 0 radical (unpaired) electrons. The first kappa shape index (κ1) is 8.49. The summed E-state index contributed by atoms with van der Waals surface area (Å²) in [6.07, 6.45) is 0. The Morgan fingerprint density at radius 3 is 2.00 bits per heavy atom. The summed E-state index contributed by atoms with van der Waals surface area (Å²) in [5, 5.41) is 8.51. The van der Waals surface area contributed by atoms with Gasteiger partial charge in [0, 0.05) is 6.54 Å². The molecule has 4 nitrogen and oxygen atoms in total. The largest absolute Gasteiger partial charge is 0.382 e. The highest BCUT2D eigenvalue weighted by Crippen LogP contribution is 2.38. The molecule has 0 aromatic carbocycles. The predicted octanol–water partition coefficient (Wildman–Crippen LogP) is -1.44. The molecular formula is C2H8NO3PS. The SMILES string of the molecule is NCC(O)P(O)(O)=S. The van der Waals surface area contributed by atoms with E-state index in [0.29, 0.717) is 0 Å². The molecule has 0 aliphatic heterocycles. The predicted molar refractivity (Wildman–Crippen MR) is 33.8 cm³/mol. The summed E-state index contributed by atoms with van der Waals surface area (Å²) in [6, 6.07) is 0. The minimum absolute atomic E-state index is 0.204. The highest BCUT2D eigenvalue weighted by atomic mass is 32.5. The van der Waals surface area contributed by atoms with Crippen LogP contribution in [-0.2, 0) is 11.8 Å². The summed E-state index contributed by atoms with van der Waals surface area (Å²) in [7, 11) is 0. The van der Waals surface area contributed by atoms with Gasteiger partial charge in [0.15, 0.2) is 0 Å². The maximum atomic E-state index is 8.51. The molecule has 0 saturated heterocycles. The maximum absolute atomic E-state index is 8.51. The molecule has 0 bridgehead atoms. The molecule has 0 spiro atoms. The smallest absolute Gasteiger partial charge is 0.213 e. The van der Waals surface area contributed by atoms with Crippen LogP contribution in [0.2, 0.25) is 0 Å². The molecule has 50 valence electrons. The zero-order valence-electron chi connectivity index (χ0n) is 4.06. The molecule has 0 heterocycles. The normalized spacial score (nSPS) is 16.0.